The van der Waals surface area contributed by atoms with Gasteiger partial charge in [0.15, 0.2) is 0 Å². The highest BCUT2D eigenvalue weighted by molar-refractivity contribution is 6.00. The lowest BCUT2D eigenvalue weighted by atomic mass is 9.98. The van der Waals surface area contributed by atoms with Crippen LogP contribution < -0.4 is 48.3 Å². The van der Waals surface area contributed by atoms with Gasteiger partial charge in [0.25, 0.3) is 0 Å². The Bertz CT molecular complexity index is 2040. The first-order valence-corrected chi connectivity index (χ1v) is 18.4. The molecule has 1 fully saturated rings. The predicted molar refractivity (Wildman–Crippen MR) is 215 cm³/mol. The van der Waals surface area contributed by atoms with Gasteiger partial charge in [-0.25, -0.2) is 14.6 Å². The van der Waals surface area contributed by atoms with E-state index in [1.165, 1.54) is 0 Å². The topological polar surface area (TPSA) is 182 Å². The highest BCUT2D eigenvalue weighted by Gasteiger charge is 2.28. The smallest absolute Gasteiger partial charge is 0.326 e. The van der Waals surface area contributed by atoms with Gasteiger partial charge in [0, 0.05) is 36.6 Å². The predicted octanol–water partition coefficient (Wildman–Crippen LogP) is 6.44. The van der Waals surface area contributed by atoms with Crippen LogP contribution in [0.4, 0.5) is 32.7 Å². The first-order valence-electron chi connectivity index (χ1n) is 18.4. The van der Waals surface area contributed by atoms with Crippen LogP contribution in [0.5, 0.6) is 0 Å². The molecule has 278 valence electrons. The molecule has 2 heterocycles. The molecular weight excluding hydrogens is 667 g/mol. The molecule has 3 unspecified atom stereocenters. The Morgan fingerprint density at radius 3 is 2.23 bits per heavy atom. The Hall–Kier alpha value is -5.34. The second-order valence-electron chi connectivity index (χ2n) is 14.2. The molecule has 10 N–H and O–H groups in total. The minimum Gasteiger partial charge on any atom is -0.370 e. The lowest BCUT2D eigenvalue weighted by Crippen LogP contribution is -2.68. The van der Waals surface area contributed by atoms with Gasteiger partial charge in [-0.1, -0.05) is 76.2 Å². The molecule has 4 aromatic carbocycles. The van der Waals surface area contributed by atoms with Crippen LogP contribution >= 0.6 is 0 Å². The van der Waals surface area contributed by atoms with Gasteiger partial charge in [-0.3, -0.25) is 16.0 Å². The van der Waals surface area contributed by atoms with Crippen LogP contribution in [0, 0.1) is 5.92 Å². The maximum absolute atomic E-state index is 12.8. The number of carbonyl (C=O) groups excluding carboxylic acids is 2. The number of rotatable bonds is 13. The number of nitrogens with two attached hydrogens (primary N) is 1. The molecule has 1 aliphatic rings. The van der Waals surface area contributed by atoms with E-state index in [0.717, 1.165) is 52.2 Å². The van der Waals surface area contributed by atoms with E-state index in [9.17, 15) is 9.59 Å². The van der Waals surface area contributed by atoms with E-state index in [2.05, 4.69) is 98.4 Å². The van der Waals surface area contributed by atoms with E-state index in [1.54, 1.807) is 0 Å². The summed E-state index contributed by atoms with van der Waals surface area (Å²) in [6, 6.07) is 27.4. The molecule has 13 heteroatoms. The zero-order valence-electron chi connectivity index (χ0n) is 30.8. The zero-order valence-corrected chi connectivity index (χ0v) is 30.8. The SMILES string of the molecule is CC(C)c1cc(NCCCNCc2ccc3ccc(NC(=O)NC4NC(N)CC(C(C)C)N4)cc3c2)nc(NC(=O)Nc2ccc3ccccc3c2)n1. The van der Waals surface area contributed by atoms with Gasteiger partial charge in [0.05, 0.1) is 11.9 Å². The van der Waals surface area contributed by atoms with Gasteiger partial charge >= 0.3 is 12.1 Å². The molecule has 1 aliphatic heterocycles. The minimum absolute atomic E-state index is 0.156. The third-order valence-electron chi connectivity index (χ3n) is 9.25. The molecule has 53 heavy (non-hydrogen) atoms. The van der Waals surface area contributed by atoms with Crippen molar-refractivity contribution in [3.63, 3.8) is 0 Å². The fourth-order valence-electron chi connectivity index (χ4n) is 6.32. The number of urea groups is 2. The van der Waals surface area contributed by atoms with Crippen molar-refractivity contribution >= 4 is 56.7 Å². The lowest BCUT2D eigenvalue weighted by molar-refractivity contribution is 0.183. The van der Waals surface area contributed by atoms with Crippen molar-refractivity contribution in [2.24, 2.45) is 11.7 Å². The minimum atomic E-state index is -0.409. The summed E-state index contributed by atoms with van der Waals surface area (Å²) in [6.07, 6.45) is 1.06. The van der Waals surface area contributed by atoms with Gasteiger partial charge in [-0.05, 0) is 88.7 Å². The van der Waals surface area contributed by atoms with Crippen molar-refractivity contribution in [3.05, 3.63) is 96.2 Å². The summed E-state index contributed by atoms with van der Waals surface area (Å²) < 4.78 is 0. The molecule has 5 aromatic rings. The molecule has 0 radical (unpaired) electrons. The second kappa shape index (κ2) is 17.5. The lowest BCUT2D eigenvalue weighted by Gasteiger charge is -2.38. The quantitative estimate of drug-likeness (QED) is 0.0619. The number of anilines is 4. The van der Waals surface area contributed by atoms with Crippen LogP contribution in [0.1, 0.15) is 57.7 Å². The van der Waals surface area contributed by atoms with E-state index in [1.807, 2.05) is 66.7 Å². The molecule has 0 saturated carbocycles. The molecule has 0 spiro atoms. The van der Waals surface area contributed by atoms with E-state index in [0.29, 0.717) is 36.2 Å². The van der Waals surface area contributed by atoms with E-state index < -0.39 is 12.3 Å². The fourth-order valence-corrected chi connectivity index (χ4v) is 6.32. The number of hydrogen-bond donors (Lipinski definition) is 9. The molecule has 1 saturated heterocycles. The first-order chi connectivity index (χ1) is 25.6. The van der Waals surface area contributed by atoms with Crippen LogP contribution in [0.2, 0.25) is 0 Å². The van der Waals surface area contributed by atoms with Gasteiger partial charge in [-0.2, -0.15) is 4.98 Å². The van der Waals surface area contributed by atoms with Gasteiger partial charge < -0.3 is 32.3 Å². The number of carbonyl (C=O) groups is 2. The third-order valence-corrected chi connectivity index (χ3v) is 9.25. The average molecular weight is 718 g/mol. The highest BCUT2D eigenvalue weighted by atomic mass is 16.2. The standard InChI is InChI=1S/C40H51N11O2/c1-24(2)33-21-35(41)48-37(46-33)50-39(52)45-32-15-13-28-11-10-26(18-30(28)20-32)23-42-16-7-17-43-36-22-34(25(3)4)47-38(49-36)51-40(53)44-31-14-12-27-8-5-6-9-29(27)19-31/h5-6,8-15,18-20,22,24-25,33,35,37,42,46,48H,7,16-17,21,23,41H2,1-4H3,(H2,45,50,52)(H3,43,44,47,49,51,53). The molecule has 1 aromatic heterocycles. The summed E-state index contributed by atoms with van der Waals surface area (Å²) >= 11 is 0. The van der Waals surface area contributed by atoms with Crippen LogP contribution in [-0.2, 0) is 6.54 Å². The fraction of sp³-hybridized carbons (Fsp3) is 0.350. The van der Waals surface area contributed by atoms with E-state index >= 15 is 0 Å². The summed E-state index contributed by atoms with van der Waals surface area (Å²) in [5, 5.41) is 29.3. The normalized spacial score (nSPS) is 17.2. The number of benzene rings is 4. The van der Waals surface area contributed by atoms with Crippen molar-refractivity contribution in [1.29, 1.82) is 0 Å². The zero-order chi connectivity index (χ0) is 37.3. The Morgan fingerprint density at radius 1 is 0.774 bits per heavy atom. The third kappa shape index (κ3) is 10.6. The molecule has 0 aliphatic carbocycles. The Kier molecular flexibility index (Phi) is 12.3. The summed E-state index contributed by atoms with van der Waals surface area (Å²) in [4.78, 5) is 34.8. The van der Waals surface area contributed by atoms with Crippen LogP contribution in [0.3, 0.4) is 0 Å². The molecule has 13 nitrogen and oxygen atoms in total. The van der Waals surface area contributed by atoms with Gasteiger partial charge in [0.2, 0.25) is 5.95 Å². The summed E-state index contributed by atoms with van der Waals surface area (Å²) in [5.41, 5.74) is 9.53. The Labute approximate surface area is 310 Å². The maximum Gasteiger partial charge on any atom is 0.326 e. The number of amides is 4. The number of nitrogens with zero attached hydrogens (tertiary/aromatic N) is 2. The summed E-state index contributed by atoms with van der Waals surface area (Å²) in [6.45, 7) is 10.6. The number of nitrogens with one attached hydrogen (secondary N) is 8. The van der Waals surface area contributed by atoms with Crippen LogP contribution in [0.15, 0.2) is 84.9 Å². The monoisotopic (exact) mass is 717 g/mol. The summed E-state index contributed by atoms with van der Waals surface area (Å²) in [5.74, 6) is 1.46. The van der Waals surface area contributed by atoms with Gasteiger partial charge in [0.1, 0.15) is 12.1 Å². The highest BCUT2D eigenvalue weighted by Crippen LogP contribution is 2.22. The molecule has 6 rings (SSSR count). The molecule has 3 atom stereocenters. The summed E-state index contributed by atoms with van der Waals surface area (Å²) in [7, 11) is 0. The van der Waals surface area contributed by atoms with Gasteiger partial charge in [-0.15, -0.1) is 0 Å². The molecular formula is C40H51N11O2. The van der Waals surface area contributed by atoms with E-state index in [-0.39, 0.29) is 30.1 Å². The molecule has 4 amide bonds. The largest absolute Gasteiger partial charge is 0.370 e. The maximum atomic E-state index is 12.8. The van der Waals surface area contributed by atoms with Crippen molar-refractivity contribution in [3.8, 4) is 0 Å². The Morgan fingerprint density at radius 2 is 1.47 bits per heavy atom. The number of hydrogen-bond acceptors (Lipinski definition) is 9. The van der Waals surface area contributed by atoms with Crippen LogP contribution in [0.25, 0.3) is 21.5 Å². The first kappa shape index (κ1) is 37.4. The van der Waals surface area contributed by atoms with Crippen molar-refractivity contribution in [2.75, 3.05) is 34.4 Å². The van der Waals surface area contributed by atoms with E-state index in [4.69, 9.17) is 5.73 Å². The van der Waals surface area contributed by atoms with Crippen molar-refractivity contribution in [2.45, 2.75) is 71.5 Å². The number of fused-ring (bicyclic) bond motifs is 2. The molecule has 0 bridgehead atoms. The van der Waals surface area contributed by atoms with Crippen molar-refractivity contribution < 1.29 is 9.59 Å². The van der Waals surface area contributed by atoms with Crippen molar-refractivity contribution in [1.82, 2.24) is 31.2 Å². The number of aromatic nitrogens is 2. The van der Waals surface area contributed by atoms with Crippen LogP contribution in [-0.4, -0.2) is 53.6 Å². The average Bonchev–Trinajstić information content (AvgIpc) is 3.12. The Balaban J connectivity index is 0.959. The second-order valence-corrected chi connectivity index (χ2v) is 14.2.